The predicted molar refractivity (Wildman–Crippen MR) is 89.7 cm³/mol. The number of amides is 1. The summed E-state index contributed by atoms with van der Waals surface area (Å²) in [6, 6.07) is 9.31. The maximum Gasteiger partial charge on any atom is 0.250 e. The molecule has 0 aliphatic rings. The van der Waals surface area contributed by atoms with Gasteiger partial charge in [-0.15, -0.1) is 10.2 Å². The van der Waals surface area contributed by atoms with E-state index in [0.29, 0.717) is 5.13 Å². The highest BCUT2D eigenvalue weighted by molar-refractivity contribution is 7.15. The minimum Gasteiger partial charge on any atom is -0.314 e. The molecule has 5 nitrogen and oxygen atoms in total. The Hall–Kier alpha value is -1.79. The summed E-state index contributed by atoms with van der Waals surface area (Å²) in [7, 11) is 0. The second kappa shape index (κ2) is 7.47. The van der Waals surface area contributed by atoms with Gasteiger partial charge in [0.15, 0.2) is 0 Å². The van der Waals surface area contributed by atoms with E-state index in [2.05, 4.69) is 22.4 Å². The van der Waals surface area contributed by atoms with Crippen LogP contribution in [0, 0.1) is 0 Å². The van der Waals surface area contributed by atoms with Gasteiger partial charge in [-0.05, 0) is 18.9 Å². The van der Waals surface area contributed by atoms with Crippen LogP contribution >= 0.6 is 11.3 Å². The number of hydrogen-bond donors (Lipinski definition) is 2. The zero-order valence-electron chi connectivity index (χ0n) is 13.0. The molecule has 1 atom stereocenters. The highest BCUT2D eigenvalue weighted by Crippen LogP contribution is 2.22. The lowest BCUT2D eigenvalue weighted by molar-refractivity contribution is -0.120. The van der Waals surface area contributed by atoms with Crippen LogP contribution in [0.25, 0.3) is 0 Å². The number of nitrogens with one attached hydrogen (secondary N) is 1. The highest BCUT2D eigenvalue weighted by atomic mass is 32.1. The molecule has 2 aromatic rings. The summed E-state index contributed by atoms with van der Waals surface area (Å²) in [6.07, 6.45) is 4.35. The minimum atomic E-state index is -1.10. The van der Waals surface area contributed by atoms with Crippen molar-refractivity contribution in [3.63, 3.8) is 0 Å². The Morgan fingerprint density at radius 2 is 2.00 bits per heavy atom. The molecular weight excluding hydrogens is 296 g/mol. The molecule has 0 spiro atoms. The van der Waals surface area contributed by atoms with Gasteiger partial charge in [0, 0.05) is 6.42 Å². The molecule has 6 heteroatoms. The average molecular weight is 318 g/mol. The van der Waals surface area contributed by atoms with Crippen LogP contribution in [0.5, 0.6) is 0 Å². The van der Waals surface area contributed by atoms with Gasteiger partial charge in [-0.1, -0.05) is 61.4 Å². The zero-order chi connectivity index (χ0) is 16.0. The molecule has 1 unspecified atom stereocenters. The number of benzene rings is 1. The van der Waals surface area contributed by atoms with Crippen LogP contribution in [0.1, 0.15) is 43.7 Å². The number of unbranched alkanes of at least 4 members (excludes halogenated alkanes) is 2. The first-order chi connectivity index (χ1) is 10.5. The number of anilines is 1. The molecule has 0 aliphatic carbocycles. The van der Waals surface area contributed by atoms with E-state index >= 15 is 0 Å². The lowest BCUT2D eigenvalue weighted by Gasteiger charge is -2.23. The van der Waals surface area contributed by atoms with Gasteiger partial charge in [-0.3, -0.25) is 10.1 Å². The van der Waals surface area contributed by atoms with Gasteiger partial charge < -0.3 is 5.73 Å². The van der Waals surface area contributed by atoms with E-state index in [0.717, 1.165) is 23.4 Å². The third kappa shape index (κ3) is 4.11. The summed E-state index contributed by atoms with van der Waals surface area (Å²) in [5.74, 6) is -0.282. The van der Waals surface area contributed by atoms with Crippen LogP contribution < -0.4 is 11.1 Å². The fraction of sp³-hybridized carbons (Fsp3) is 0.438. The molecule has 0 radical (unpaired) electrons. The lowest BCUT2D eigenvalue weighted by Crippen LogP contribution is -2.45. The fourth-order valence-corrected chi connectivity index (χ4v) is 2.85. The van der Waals surface area contributed by atoms with Crippen LogP contribution in [0.3, 0.4) is 0 Å². The first kappa shape index (κ1) is 16.6. The molecular formula is C16H22N4OS. The average Bonchev–Trinajstić information content (AvgIpc) is 2.96. The van der Waals surface area contributed by atoms with E-state index in [1.54, 1.807) is 6.92 Å². The molecule has 1 heterocycles. The second-order valence-corrected chi connectivity index (χ2v) is 6.54. The molecule has 0 aliphatic heterocycles. The number of hydrogen-bond acceptors (Lipinski definition) is 5. The number of carbonyl (C=O) groups excluding carboxylic acids is 1. The van der Waals surface area contributed by atoms with Gasteiger partial charge in [-0.25, -0.2) is 0 Å². The first-order valence-electron chi connectivity index (χ1n) is 7.52. The fourth-order valence-electron chi connectivity index (χ4n) is 2.07. The van der Waals surface area contributed by atoms with Crippen molar-refractivity contribution in [2.75, 3.05) is 5.32 Å². The first-order valence-corrected chi connectivity index (χ1v) is 8.34. The Morgan fingerprint density at radius 3 is 2.68 bits per heavy atom. The quantitative estimate of drug-likeness (QED) is 0.769. The molecule has 0 fully saturated rings. The van der Waals surface area contributed by atoms with Gasteiger partial charge in [0.05, 0.1) is 0 Å². The monoisotopic (exact) mass is 318 g/mol. The second-order valence-electron chi connectivity index (χ2n) is 5.48. The number of aromatic nitrogens is 2. The van der Waals surface area contributed by atoms with Gasteiger partial charge >= 0.3 is 0 Å². The molecule has 0 bridgehead atoms. The normalized spacial score (nSPS) is 13.6. The third-order valence-corrected chi connectivity index (χ3v) is 4.43. The Kier molecular flexibility index (Phi) is 5.63. The van der Waals surface area contributed by atoms with E-state index in [1.165, 1.54) is 24.2 Å². The Bertz CT molecular complexity index is 610. The standard InChI is InChI=1S/C16H22N4OS/c1-3-4-6-11-13-19-20-15(22-13)18-14(21)16(2,17)12-9-7-5-8-10-12/h5,7-10H,3-4,6,11,17H2,1-2H3,(H,18,20,21). The summed E-state index contributed by atoms with van der Waals surface area (Å²) in [6.45, 7) is 3.86. The number of nitrogens with zero attached hydrogens (tertiary/aromatic N) is 2. The number of nitrogens with two attached hydrogens (primary N) is 1. The maximum atomic E-state index is 12.4. The van der Waals surface area contributed by atoms with Crippen molar-refractivity contribution in [3.05, 3.63) is 40.9 Å². The van der Waals surface area contributed by atoms with E-state index in [4.69, 9.17) is 5.73 Å². The van der Waals surface area contributed by atoms with E-state index in [9.17, 15) is 4.79 Å². The van der Waals surface area contributed by atoms with E-state index in [1.807, 2.05) is 30.3 Å². The van der Waals surface area contributed by atoms with Crippen molar-refractivity contribution < 1.29 is 4.79 Å². The predicted octanol–water partition coefficient (Wildman–Crippen LogP) is 3.08. The molecule has 0 saturated carbocycles. The summed E-state index contributed by atoms with van der Waals surface area (Å²) >= 11 is 1.41. The molecule has 1 aromatic heterocycles. The van der Waals surface area contributed by atoms with Crippen LogP contribution in [0.4, 0.5) is 5.13 Å². The van der Waals surface area contributed by atoms with Gasteiger partial charge in [-0.2, -0.15) is 0 Å². The SMILES string of the molecule is CCCCCc1nnc(NC(=O)C(C)(N)c2ccccc2)s1. The molecule has 0 saturated heterocycles. The Morgan fingerprint density at radius 1 is 1.27 bits per heavy atom. The maximum absolute atomic E-state index is 12.4. The number of rotatable bonds is 7. The molecule has 1 amide bonds. The molecule has 2 rings (SSSR count). The summed E-state index contributed by atoms with van der Waals surface area (Å²) in [5, 5.41) is 12.4. The number of aryl methyl sites for hydroxylation is 1. The van der Waals surface area contributed by atoms with E-state index in [-0.39, 0.29) is 5.91 Å². The topological polar surface area (TPSA) is 80.9 Å². The van der Waals surface area contributed by atoms with Crippen molar-refractivity contribution in [2.24, 2.45) is 5.73 Å². The smallest absolute Gasteiger partial charge is 0.250 e. The molecule has 1 aromatic carbocycles. The molecule has 22 heavy (non-hydrogen) atoms. The third-order valence-electron chi connectivity index (χ3n) is 3.53. The highest BCUT2D eigenvalue weighted by Gasteiger charge is 2.31. The van der Waals surface area contributed by atoms with Crippen molar-refractivity contribution in [1.29, 1.82) is 0 Å². The zero-order valence-corrected chi connectivity index (χ0v) is 13.8. The van der Waals surface area contributed by atoms with Crippen molar-refractivity contribution >= 4 is 22.4 Å². The Balaban J connectivity index is 1.99. The van der Waals surface area contributed by atoms with Crippen LogP contribution in [-0.2, 0) is 16.8 Å². The number of carbonyl (C=O) groups is 1. The summed E-state index contributed by atoms with van der Waals surface area (Å²) in [5.41, 5.74) is 5.84. The summed E-state index contributed by atoms with van der Waals surface area (Å²) in [4.78, 5) is 12.4. The molecule has 118 valence electrons. The Labute approximate surface area is 135 Å². The van der Waals surface area contributed by atoms with Gasteiger partial charge in [0.25, 0.3) is 5.91 Å². The van der Waals surface area contributed by atoms with Crippen LogP contribution in [0.2, 0.25) is 0 Å². The van der Waals surface area contributed by atoms with Gasteiger partial charge in [0.1, 0.15) is 10.5 Å². The van der Waals surface area contributed by atoms with E-state index < -0.39 is 5.54 Å². The summed E-state index contributed by atoms with van der Waals surface area (Å²) < 4.78 is 0. The van der Waals surface area contributed by atoms with Gasteiger partial charge in [0.2, 0.25) is 5.13 Å². The largest absolute Gasteiger partial charge is 0.314 e. The minimum absolute atomic E-state index is 0.282. The lowest BCUT2D eigenvalue weighted by atomic mass is 9.92. The van der Waals surface area contributed by atoms with Crippen LogP contribution in [0.15, 0.2) is 30.3 Å². The van der Waals surface area contributed by atoms with Crippen LogP contribution in [-0.4, -0.2) is 16.1 Å². The van der Waals surface area contributed by atoms with Crippen molar-refractivity contribution in [3.8, 4) is 0 Å². The van der Waals surface area contributed by atoms with Crippen molar-refractivity contribution in [1.82, 2.24) is 10.2 Å². The molecule has 3 N–H and O–H groups in total. The van der Waals surface area contributed by atoms with Crippen molar-refractivity contribution in [2.45, 2.75) is 45.1 Å².